The van der Waals surface area contributed by atoms with E-state index in [4.69, 9.17) is 4.74 Å². The summed E-state index contributed by atoms with van der Waals surface area (Å²) in [6.45, 7) is 3.58. The molecule has 1 heterocycles. The Bertz CT molecular complexity index is 942. The van der Waals surface area contributed by atoms with Gasteiger partial charge in [-0.3, -0.25) is 4.79 Å². The van der Waals surface area contributed by atoms with Crippen molar-refractivity contribution in [3.8, 4) is 11.4 Å². The second-order valence-electron chi connectivity index (χ2n) is 5.76. The van der Waals surface area contributed by atoms with Crippen LogP contribution in [0.2, 0.25) is 0 Å². The third-order valence-corrected chi connectivity index (χ3v) is 4.38. The molecule has 5 nitrogen and oxygen atoms in total. The van der Waals surface area contributed by atoms with Gasteiger partial charge in [0.2, 0.25) is 0 Å². The van der Waals surface area contributed by atoms with Crippen molar-refractivity contribution < 1.29 is 13.9 Å². The van der Waals surface area contributed by atoms with Crippen molar-refractivity contribution in [2.24, 2.45) is 0 Å². The van der Waals surface area contributed by atoms with Crippen LogP contribution in [0.5, 0.6) is 5.75 Å². The van der Waals surface area contributed by atoms with Crippen LogP contribution in [0.1, 0.15) is 12.6 Å². The fourth-order valence-corrected chi connectivity index (χ4v) is 2.86. The minimum atomic E-state index is -0.758. The van der Waals surface area contributed by atoms with Crippen molar-refractivity contribution in [2.75, 3.05) is 5.32 Å². The highest BCUT2D eigenvalue weighted by atomic mass is 79.9. The van der Waals surface area contributed by atoms with Crippen molar-refractivity contribution in [3.05, 3.63) is 70.7 Å². The predicted molar refractivity (Wildman–Crippen MR) is 101 cm³/mol. The summed E-state index contributed by atoms with van der Waals surface area (Å²) in [7, 11) is 0. The van der Waals surface area contributed by atoms with E-state index in [0.29, 0.717) is 15.9 Å². The Balaban J connectivity index is 1.70. The average Bonchev–Trinajstić information content (AvgIpc) is 3.03. The minimum absolute atomic E-state index is 0.310. The second-order valence-corrected chi connectivity index (χ2v) is 6.61. The van der Waals surface area contributed by atoms with Crippen molar-refractivity contribution in [1.29, 1.82) is 0 Å². The monoisotopic (exact) mass is 417 g/mol. The van der Waals surface area contributed by atoms with Gasteiger partial charge in [0, 0.05) is 17.6 Å². The molecule has 0 aliphatic heterocycles. The maximum Gasteiger partial charge on any atom is 0.265 e. The molecule has 0 fully saturated rings. The molecule has 0 radical (unpaired) electrons. The first-order valence-corrected chi connectivity index (χ1v) is 8.77. The number of carbonyl (C=O) groups excluding carboxylic acids is 1. The lowest BCUT2D eigenvalue weighted by Crippen LogP contribution is -2.30. The Morgan fingerprint density at radius 1 is 1.27 bits per heavy atom. The van der Waals surface area contributed by atoms with E-state index in [2.05, 4.69) is 26.3 Å². The summed E-state index contributed by atoms with van der Waals surface area (Å²) in [5.41, 5.74) is 2.47. The van der Waals surface area contributed by atoms with E-state index in [9.17, 15) is 9.18 Å². The van der Waals surface area contributed by atoms with Gasteiger partial charge in [-0.2, -0.15) is 5.10 Å². The maximum absolute atomic E-state index is 13.1. The molecule has 0 bridgehead atoms. The van der Waals surface area contributed by atoms with Crippen LogP contribution in [0.25, 0.3) is 5.69 Å². The number of hydrogen-bond acceptors (Lipinski definition) is 3. The molecule has 2 aromatic carbocycles. The Hall–Kier alpha value is -2.67. The average molecular weight is 418 g/mol. The Labute approximate surface area is 158 Å². The number of nitrogens with one attached hydrogen (secondary N) is 1. The van der Waals surface area contributed by atoms with Gasteiger partial charge >= 0.3 is 0 Å². The number of rotatable bonds is 5. The fraction of sp³-hybridized carbons (Fsp3) is 0.158. The summed E-state index contributed by atoms with van der Waals surface area (Å²) in [5.74, 6) is -0.294. The van der Waals surface area contributed by atoms with Gasteiger partial charge in [-0.25, -0.2) is 9.07 Å². The lowest BCUT2D eigenvalue weighted by molar-refractivity contribution is -0.122. The SMILES string of the molecule is Cc1ccnn1-c1cccc(NC(=O)C(C)Oc2ccc(F)cc2Br)c1. The standard InChI is InChI=1S/C19H17BrFN3O2/c1-12-8-9-22-24(12)16-5-3-4-15(11-16)23-19(25)13(2)26-18-7-6-14(21)10-17(18)20/h3-11,13H,1-2H3,(H,23,25). The summed E-state index contributed by atoms with van der Waals surface area (Å²) >= 11 is 3.22. The van der Waals surface area contributed by atoms with Crippen molar-refractivity contribution in [2.45, 2.75) is 20.0 Å². The number of ether oxygens (including phenoxy) is 1. The van der Waals surface area contributed by atoms with E-state index in [1.54, 1.807) is 23.9 Å². The molecule has 3 aromatic rings. The lowest BCUT2D eigenvalue weighted by Gasteiger charge is -2.16. The van der Waals surface area contributed by atoms with Crippen LogP contribution < -0.4 is 10.1 Å². The van der Waals surface area contributed by atoms with E-state index in [1.807, 2.05) is 31.2 Å². The van der Waals surface area contributed by atoms with Gasteiger partial charge in [-0.15, -0.1) is 0 Å². The molecular weight excluding hydrogens is 401 g/mol. The highest BCUT2D eigenvalue weighted by Gasteiger charge is 2.17. The predicted octanol–water partition coefficient (Wildman–Crippen LogP) is 4.49. The van der Waals surface area contributed by atoms with Crippen LogP contribution in [0.3, 0.4) is 0 Å². The molecule has 0 spiro atoms. The van der Waals surface area contributed by atoms with Crippen LogP contribution in [0.4, 0.5) is 10.1 Å². The van der Waals surface area contributed by atoms with E-state index in [0.717, 1.165) is 11.4 Å². The van der Waals surface area contributed by atoms with Crippen LogP contribution in [-0.2, 0) is 4.79 Å². The highest BCUT2D eigenvalue weighted by molar-refractivity contribution is 9.10. The third kappa shape index (κ3) is 4.11. The van der Waals surface area contributed by atoms with E-state index >= 15 is 0 Å². The molecule has 0 aliphatic rings. The molecule has 134 valence electrons. The van der Waals surface area contributed by atoms with Crippen LogP contribution >= 0.6 is 15.9 Å². The van der Waals surface area contributed by atoms with E-state index in [-0.39, 0.29) is 11.7 Å². The first-order valence-electron chi connectivity index (χ1n) is 7.97. The van der Waals surface area contributed by atoms with Crippen LogP contribution in [0.15, 0.2) is 59.2 Å². The number of aromatic nitrogens is 2. The molecule has 0 saturated heterocycles. The molecule has 1 atom stereocenters. The van der Waals surface area contributed by atoms with Crippen molar-refractivity contribution in [3.63, 3.8) is 0 Å². The largest absolute Gasteiger partial charge is 0.480 e. The summed E-state index contributed by atoms with van der Waals surface area (Å²) in [6, 6.07) is 13.3. The Morgan fingerprint density at radius 2 is 2.08 bits per heavy atom. The van der Waals surface area contributed by atoms with Crippen LogP contribution in [-0.4, -0.2) is 21.8 Å². The molecule has 3 rings (SSSR count). The lowest BCUT2D eigenvalue weighted by atomic mass is 10.2. The summed E-state index contributed by atoms with van der Waals surface area (Å²) in [4.78, 5) is 12.4. The number of hydrogen-bond donors (Lipinski definition) is 1. The number of carbonyl (C=O) groups is 1. The molecule has 0 aliphatic carbocycles. The third-order valence-electron chi connectivity index (χ3n) is 3.76. The zero-order chi connectivity index (χ0) is 18.7. The Morgan fingerprint density at radius 3 is 2.77 bits per heavy atom. The van der Waals surface area contributed by atoms with Gasteiger partial charge in [0.25, 0.3) is 5.91 Å². The smallest absolute Gasteiger partial charge is 0.265 e. The van der Waals surface area contributed by atoms with Crippen molar-refractivity contribution >= 4 is 27.5 Å². The molecule has 0 saturated carbocycles. The van der Waals surface area contributed by atoms with E-state index in [1.165, 1.54) is 18.2 Å². The van der Waals surface area contributed by atoms with Gasteiger partial charge < -0.3 is 10.1 Å². The van der Waals surface area contributed by atoms with Gasteiger partial charge in [0.1, 0.15) is 11.6 Å². The van der Waals surface area contributed by atoms with Gasteiger partial charge in [-0.1, -0.05) is 6.07 Å². The molecule has 1 unspecified atom stereocenters. The normalized spacial score (nSPS) is 11.8. The zero-order valence-electron chi connectivity index (χ0n) is 14.2. The number of nitrogens with zero attached hydrogens (tertiary/aromatic N) is 2. The minimum Gasteiger partial charge on any atom is -0.480 e. The summed E-state index contributed by atoms with van der Waals surface area (Å²) in [6.07, 6.45) is 0.962. The first-order chi connectivity index (χ1) is 12.4. The first kappa shape index (κ1) is 18.1. The molecule has 7 heteroatoms. The zero-order valence-corrected chi connectivity index (χ0v) is 15.8. The number of anilines is 1. The van der Waals surface area contributed by atoms with Crippen LogP contribution in [0, 0.1) is 12.7 Å². The quantitative estimate of drug-likeness (QED) is 0.665. The molecule has 1 aromatic heterocycles. The van der Waals surface area contributed by atoms with E-state index < -0.39 is 6.10 Å². The molecule has 1 amide bonds. The Kier molecular flexibility index (Phi) is 5.37. The number of halogens is 2. The topological polar surface area (TPSA) is 56.2 Å². The summed E-state index contributed by atoms with van der Waals surface area (Å²) < 4.78 is 21.0. The maximum atomic E-state index is 13.1. The molecule has 1 N–H and O–H groups in total. The van der Waals surface area contributed by atoms with Gasteiger partial charge in [0.05, 0.1) is 10.2 Å². The fourth-order valence-electron chi connectivity index (χ4n) is 2.41. The highest BCUT2D eigenvalue weighted by Crippen LogP contribution is 2.26. The van der Waals surface area contributed by atoms with Gasteiger partial charge in [0.15, 0.2) is 6.10 Å². The second kappa shape index (κ2) is 7.70. The molecule has 26 heavy (non-hydrogen) atoms. The van der Waals surface area contributed by atoms with Gasteiger partial charge in [-0.05, 0) is 72.2 Å². The number of amides is 1. The molecular formula is C19H17BrFN3O2. The summed E-state index contributed by atoms with van der Waals surface area (Å²) in [5, 5.41) is 7.08. The number of benzene rings is 2. The van der Waals surface area contributed by atoms with Crippen molar-refractivity contribution in [1.82, 2.24) is 9.78 Å². The number of aryl methyl sites for hydroxylation is 1.